The smallest absolute Gasteiger partial charge is 0.278 e. The Labute approximate surface area is 158 Å². The van der Waals surface area contributed by atoms with Crippen LogP contribution in [0.1, 0.15) is 12.0 Å². The summed E-state index contributed by atoms with van der Waals surface area (Å²) in [4.78, 5) is 27.3. The quantitative estimate of drug-likeness (QED) is 0.575. The normalized spacial score (nSPS) is 14.1. The number of anilines is 1. The molecular formula is C21H22N2O4. The SMILES string of the molecule is COCCCN1C(=O)C(Nc2ccccc2OC)=C(c2ccccc2)C1=O. The van der Waals surface area contributed by atoms with Gasteiger partial charge >= 0.3 is 0 Å². The van der Waals surface area contributed by atoms with Crippen LogP contribution in [0, 0.1) is 0 Å². The lowest BCUT2D eigenvalue weighted by molar-refractivity contribution is -0.136. The van der Waals surface area contributed by atoms with Crippen LogP contribution < -0.4 is 10.1 Å². The second-order valence-corrected chi connectivity index (χ2v) is 6.05. The van der Waals surface area contributed by atoms with E-state index in [1.54, 1.807) is 26.4 Å². The predicted octanol–water partition coefficient (Wildman–Crippen LogP) is 2.92. The molecule has 0 fully saturated rings. The van der Waals surface area contributed by atoms with E-state index in [1.807, 2.05) is 42.5 Å². The van der Waals surface area contributed by atoms with E-state index in [0.29, 0.717) is 42.1 Å². The molecule has 27 heavy (non-hydrogen) atoms. The van der Waals surface area contributed by atoms with Crippen LogP contribution in [0.2, 0.25) is 0 Å². The summed E-state index contributed by atoms with van der Waals surface area (Å²) in [6.45, 7) is 0.784. The molecule has 2 amide bonds. The van der Waals surface area contributed by atoms with Gasteiger partial charge < -0.3 is 14.8 Å². The maximum atomic E-state index is 13.0. The third-order valence-electron chi connectivity index (χ3n) is 4.33. The number of hydrogen-bond donors (Lipinski definition) is 1. The van der Waals surface area contributed by atoms with E-state index in [4.69, 9.17) is 9.47 Å². The van der Waals surface area contributed by atoms with Crippen LogP contribution in [0.25, 0.3) is 5.57 Å². The number of ether oxygens (including phenoxy) is 2. The first-order valence-electron chi connectivity index (χ1n) is 8.72. The van der Waals surface area contributed by atoms with Crippen molar-refractivity contribution in [3.8, 4) is 5.75 Å². The summed E-state index contributed by atoms with van der Waals surface area (Å²) in [6, 6.07) is 16.5. The zero-order valence-corrected chi connectivity index (χ0v) is 15.4. The number of para-hydroxylation sites is 2. The van der Waals surface area contributed by atoms with Crippen LogP contribution in [0.5, 0.6) is 5.75 Å². The Balaban J connectivity index is 2.00. The Morgan fingerprint density at radius 2 is 1.63 bits per heavy atom. The minimum atomic E-state index is -0.346. The molecule has 0 bridgehead atoms. The largest absolute Gasteiger partial charge is 0.495 e. The molecule has 1 heterocycles. The Bertz CT molecular complexity index is 861. The van der Waals surface area contributed by atoms with Gasteiger partial charge in [-0.3, -0.25) is 14.5 Å². The second kappa shape index (κ2) is 8.51. The fraction of sp³-hybridized carbons (Fsp3) is 0.238. The van der Waals surface area contributed by atoms with E-state index in [-0.39, 0.29) is 17.5 Å². The number of hydrogen-bond acceptors (Lipinski definition) is 5. The van der Waals surface area contributed by atoms with Gasteiger partial charge in [-0.15, -0.1) is 0 Å². The first-order chi connectivity index (χ1) is 13.2. The molecular weight excluding hydrogens is 344 g/mol. The molecule has 1 aliphatic rings. The number of methoxy groups -OCH3 is 2. The van der Waals surface area contributed by atoms with Gasteiger partial charge in [-0.1, -0.05) is 42.5 Å². The van der Waals surface area contributed by atoms with E-state index < -0.39 is 0 Å². The molecule has 2 aromatic rings. The van der Waals surface area contributed by atoms with Gasteiger partial charge in [0, 0.05) is 20.3 Å². The molecule has 0 unspecified atom stereocenters. The molecule has 0 aliphatic carbocycles. The predicted molar refractivity (Wildman–Crippen MR) is 103 cm³/mol. The first-order valence-corrected chi connectivity index (χ1v) is 8.72. The van der Waals surface area contributed by atoms with Crippen molar-refractivity contribution in [1.29, 1.82) is 0 Å². The molecule has 2 aromatic carbocycles. The second-order valence-electron chi connectivity index (χ2n) is 6.05. The monoisotopic (exact) mass is 366 g/mol. The lowest BCUT2D eigenvalue weighted by Crippen LogP contribution is -2.33. The van der Waals surface area contributed by atoms with Crippen LogP contribution in [0.15, 0.2) is 60.3 Å². The van der Waals surface area contributed by atoms with Gasteiger partial charge in [0.2, 0.25) is 0 Å². The van der Waals surface area contributed by atoms with Gasteiger partial charge in [0.1, 0.15) is 11.4 Å². The minimum Gasteiger partial charge on any atom is -0.495 e. The van der Waals surface area contributed by atoms with Gasteiger partial charge in [-0.05, 0) is 24.1 Å². The number of nitrogens with one attached hydrogen (secondary N) is 1. The van der Waals surface area contributed by atoms with Crippen molar-refractivity contribution in [3.05, 3.63) is 65.9 Å². The van der Waals surface area contributed by atoms with Crippen molar-refractivity contribution in [2.75, 3.05) is 32.7 Å². The van der Waals surface area contributed by atoms with Gasteiger partial charge in [-0.25, -0.2) is 0 Å². The minimum absolute atomic E-state index is 0.258. The van der Waals surface area contributed by atoms with Crippen LogP contribution in [0.4, 0.5) is 5.69 Å². The number of nitrogens with zero attached hydrogens (tertiary/aromatic N) is 1. The Morgan fingerprint density at radius 1 is 0.926 bits per heavy atom. The molecule has 140 valence electrons. The van der Waals surface area contributed by atoms with Crippen LogP contribution in [0.3, 0.4) is 0 Å². The topological polar surface area (TPSA) is 67.9 Å². The highest BCUT2D eigenvalue weighted by molar-refractivity contribution is 6.36. The summed E-state index contributed by atoms with van der Waals surface area (Å²) in [7, 11) is 3.15. The number of carbonyl (C=O) groups is 2. The summed E-state index contributed by atoms with van der Waals surface area (Å²) in [5.74, 6) is -0.0592. The van der Waals surface area contributed by atoms with Gasteiger partial charge in [0.15, 0.2) is 0 Å². The van der Waals surface area contributed by atoms with E-state index in [2.05, 4.69) is 5.32 Å². The fourth-order valence-electron chi connectivity index (χ4n) is 3.02. The van der Waals surface area contributed by atoms with Crippen molar-refractivity contribution < 1.29 is 19.1 Å². The number of carbonyl (C=O) groups excluding carboxylic acids is 2. The molecule has 0 atom stereocenters. The molecule has 0 spiro atoms. The highest BCUT2D eigenvalue weighted by atomic mass is 16.5. The number of benzene rings is 2. The van der Waals surface area contributed by atoms with E-state index in [9.17, 15) is 9.59 Å². The lowest BCUT2D eigenvalue weighted by atomic mass is 10.0. The molecule has 0 saturated carbocycles. The highest BCUT2D eigenvalue weighted by Gasteiger charge is 2.39. The lowest BCUT2D eigenvalue weighted by Gasteiger charge is -2.15. The van der Waals surface area contributed by atoms with E-state index in [1.165, 1.54) is 4.90 Å². The molecule has 0 aromatic heterocycles. The Hall–Kier alpha value is -3.12. The molecule has 0 radical (unpaired) electrons. The summed E-state index contributed by atoms with van der Waals surface area (Å²) < 4.78 is 10.4. The maximum absolute atomic E-state index is 13.0. The van der Waals surface area contributed by atoms with Crippen LogP contribution in [-0.2, 0) is 14.3 Å². The van der Waals surface area contributed by atoms with Crippen LogP contribution in [-0.4, -0.2) is 44.1 Å². The average Bonchev–Trinajstić information content (AvgIpc) is 2.93. The molecule has 3 rings (SSSR count). The summed E-state index contributed by atoms with van der Waals surface area (Å²) in [6.07, 6.45) is 0.581. The standard InChI is InChI=1S/C21H22N2O4/c1-26-14-8-13-23-20(24)18(15-9-4-3-5-10-15)19(21(23)25)22-16-11-6-7-12-17(16)27-2/h3-7,9-12,22H,8,13-14H2,1-2H3. The number of imide groups is 1. The number of amides is 2. The van der Waals surface area contributed by atoms with E-state index in [0.717, 1.165) is 0 Å². The maximum Gasteiger partial charge on any atom is 0.278 e. The molecule has 6 nitrogen and oxygen atoms in total. The van der Waals surface area contributed by atoms with Gasteiger partial charge in [0.25, 0.3) is 11.8 Å². The van der Waals surface area contributed by atoms with Crippen molar-refractivity contribution >= 4 is 23.1 Å². The summed E-state index contributed by atoms with van der Waals surface area (Å²) >= 11 is 0. The zero-order valence-electron chi connectivity index (χ0n) is 15.4. The first kappa shape index (κ1) is 18.7. The molecule has 1 N–H and O–H groups in total. The van der Waals surface area contributed by atoms with Crippen molar-refractivity contribution in [2.45, 2.75) is 6.42 Å². The third-order valence-corrected chi connectivity index (χ3v) is 4.33. The van der Waals surface area contributed by atoms with Crippen LogP contribution >= 0.6 is 0 Å². The molecule has 6 heteroatoms. The number of rotatable bonds is 8. The summed E-state index contributed by atoms with van der Waals surface area (Å²) in [5.41, 5.74) is 1.95. The highest BCUT2D eigenvalue weighted by Crippen LogP contribution is 2.33. The van der Waals surface area contributed by atoms with Crippen molar-refractivity contribution in [3.63, 3.8) is 0 Å². The van der Waals surface area contributed by atoms with Crippen molar-refractivity contribution in [2.24, 2.45) is 0 Å². The van der Waals surface area contributed by atoms with Crippen molar-refractivity contribution in [1.82, 2.24) is 4.90 Å². The summed E-state index contributed by atoms with van der Waals surface area (Å²) in [5, 5.41) is 3.12. The van der Waals surface area contributed by atoms with E-state index >= 15 is 0 Å². The van der Waals surface area contributed by atoms with Gasteiger partial charge in [0.05, 0.1) is 18.4 Å². The fourth-order valence-corrected chi connectivity index (χ4v) is 3.02. The zero-order chi connectivity index (χ0) is 19.2. The third kappa shape index (κ3) is 3.85. The average molecular weight is 366 g/mol. The molecule has 1 aliphatic heterocycles. The Morgan fingerprint density at radius 3 is 2.33 bits per heavy atom. The Kier molecular flexibility index (Phi) is 5.88. The van der Waals surface area contributed by atoms with Gasteiger partial charge in [-0.2, -0.15) is 0 Å². The molecule has 0 saturated heterocycles.